The Hall–Kier alpha value is -9.23. The van der Waals surface area contributed by atoms with Crippen LogP contribution in [0.25, 0.3) is 10.8 Å². The Labute approximate surface area is 448 Å². The second kappa shape index (κ2) is 23.0. The Balaban J connectivity index is 1.05. The smallest absolute Gasteiger partial charge is 0.316 e. The minimum Gasteiger partial charge on any atom is -0.352 e. The van der Waals surface area contributed by atoms with Crippen LogP contribution in [0.2, 0.25) is 0 Å². The molecule has 80 heavy (non-hydrogen) atoms. The first-order chi connectivity index (χ1) is 37.3. The zero-order valence-electron chi connectivity index (χ0n) is 39.4. The number of hydrogen-bond donors (Lipinski definition) is 13. The van der Waals surface area contributed by atoms with Crippen LogP contribution in [0.1, 0.15) is 6.92 Å². The molecule has 7 rings (SSSR count). The summed E-state index contributed by atoms with van der Waals surface area (Å²) in [5.74, 6) is -1.50. The standard InChI is InChI=1S/C39H34F2N18O16S5/c1-16(45-37-51-33(41)53-39(55-37)47-19-2-5-23(26(11-19)48-34(42)60)56-58-25-7-4-20(76(62)63)12-31(25)80(73,74)75)15-44-36-50-32(40)52-38(54-36)46-18-3-6-24(27(10-18)49-35(43)61)57-59-28-14-22-17(9-30(28)79(70,71)72)8-21(77(64,65)66)13-29(22)78(67,68)69/h2-14,16,76H,15H2,1H3,(H3,42,48,60)(H3,43,49,61)(H,64,65,66)(H,67,68,69)(H,70,71,72)(H,73,74,75)(H2,44,46,50,52,54)(H2,45,47,51,53,55)/b58-56+,59-57+. The number of hydrogen-bond acceptors (Lipinski definition) is 26. The second-order valence-electron chi connectivity index (χ2n) is 15.8. The number of carbonyl (C=O) groups is 2. The predicted octanol–water partition coefficient (Wildman–Crippen LogP) is 4.66. The van der Waals surface area contributed by atoms with Gasteiger partial charge in [-0.3, -0.25) is 18.2 Å². The molecule has 0 aliphatic rings. The zero-order valence-corrected chi connectivity index (χ0v) is 43.6. The lowest BCUT2D eigenvalue weighted by molar-refractivity contribution is 0.258. The summed E-state index contributed by atoms with van der Waals surface area (Å²) in [4.78, 5) is 41.8. The molecule has 420 valence electrons. The molecule has 14 N–H and O–H groups in total. The van der Waals surface area contributed by atoms with Crippen molar-refractivity contribution in [2.75, 3.05) is 38.4 Å². The highest BCUT2D eigenvalue weighted by molar-refractivity contribution is 7.87. The van der Waals surface area contributed by atoms with Crippen molar-refractivity contribution in [3.63, 3.8) is 0 Å². The van der Waals surface area contributed by atoms with Crippen LogP contribution >= 0.6 is 0 Å². The molecule has 1 unspecified atom stereocenters. The summed E-state index contributed by atoms with van der Waals surface area (Å²) in [7, 11) is -23.9. The first-order valence-corrected chi connectivity index (χ1v) is 28.1. The Bertz CT molecular complexity index is 4310. The largest absolute Gasteiger partial charge is 0.352 e. The number of nitrogens with one attached hydrogen (secondary N) is 6. The molecular formula is C39H34F2N18O16S5. The van der Waals surface area contributed by atoms with E-state index in [1.807, 2.05) is 0 Å². The number of rotatable bonds is 20. The van der Waals surface area contributed by atoms with Gasteiger partial charge in [0, 0.05) is 29.3 Å². The Kier molecular flexibility index (Phi) is 16.8. The quantitative estimate of drug-likeness (QED) is 0.0280. The van der Waals surface area contributed by atoms with E-state index < -0.39 is 134 Å². The molecule has 2 heterocycles. The highest BCUT2D eigenvalue weighted by Gasteiger charge is 2.25. The molecule has 1 atom stereocenters. The van der Waals surface area contributed by atoms with Crippen LogP contribution in [0, 0.1) is 12.2 Å². The molecule has 0 aliphatic heterocycles. The number of benzene rings is 5. The monoisotopic (exact) mass is 1210 g/mol. The van der Waals surface area contributed by atoms with E-state index in [-0.39, 0.29) is 58.5 Å². The Morgan fingerprint density at radius 1 is 0.562 bits per heavy atom. The van der Waals surface area contributed by atoms with Crippen molar-refractivity contribution >= 4 is 143 Å². The lowest BCUT2D eigenvalue weighted by Gasteiger charge is -2.16. The predicted molar refractivity (Wildman–Crippen MR) is 274 cm³/mol. The molecule has 2 aromatic heterocycles. The van der Waals surface area contributed by atoms with Gasteiger partial charge in [-0.15, -0.1) is 20.5 Å². The van der Waals surface area contributed by atoms with Gasteiger partial charge in [0.15, 0.2) is 10.7 Å². The fourth-order valence-corrected chi connectivity index (χ4v) is 9.84. The number of thiol groups is 1. The van der Waals surface area contributed by atoms with Crippen LogP contribution < -0.4 is 43.4 Å². The number of anilines is 8. The van der Waals surface area contributed by atoms with Crippen LogP contribution in [0.5, 0.6) is 0 Å². The molecular weight excluding hydrogens is 1170 g/mol. The van der Waals surface area contributed by atoms with Crippen LogP contribution in [0.4, 0.5) is 87.7 Å². The number of azo groups is 2. The van der Waals surface area contributed by atoms with Crippen molar-refractivity contribution < 1.29 is 78.7 Å². The number of aromatic nitrogens is 6. The van der Waals surface area contributed by atoms with Gasteiger partial charge in [-0.2, -0.15) is 72.4 Å². The van der Waals surface area contributed by atoms with E-state index in [1.54, 1.807) is 6.92 Å². The normalized spacial score (nSPS) is 12.7. The lowest BCUT2D eigenvalue weighted by atomic mass is 10.1. The third kappa shape index (κ3) is 15.1. The maximum absolute atomic E-state index is 14.8. The summed E-state index contributed by atoms with van der Waals surface area (Å²) in [5, 5.41) is 29.6. The van der Waals surface area contributed by atoms with Crippen molar-refractivity contribution in [3.05, 3.63) is 91.0 Å². The summed E-state index contributed by atoms with van der Waals surface area (Å²) in [5.41, 5.74) is 8.65. The van der Waals surface area contributed by atoms with E-state index in [1.165, 1.54) is 24.3 Å². The van der Waals surface area contributed by atoms with Gasteiger partial charge in [-0.25, -0.2) is 18.0 Å². The molecule has 0 radical (unpaired) electrons. The number of halogens is 2. The number of nitrogens with two attached hydrogens (primary N) is 2. The summed E-state index contributed by atoms with van der Waals surface area (Å²) in [6, 6.07) is 9.27. The summed E-state index contributed by atoms with van der Waals surface area (Å²) < 4.78 is 188. The topological polar surface area (TPSA) is 537 Å². The number of fused-ring (bicyclic) bond motifs is 1. The first-order valence-electron chi connectivity index (χ1n) is 21.2. The van der Waals surface area contributed by atoms with E-state index >= 15 is 0 Å². The average Bonchev–Trinajstić information content (AvgIpc) is 3.43. The van der Waals surface area contributed by atoms with E-state index in [9.17, 15) is 78.7 Å². The van der Waals surface area contributed by atoms with Gasteiger partial charge in [0.1, 0.15) is 37.4 Å². The lowest BCUT2D eigenvalue weighted by Crippen LogP contribution is -2.27. The molecule has 0 aliphatic carbocycles. The van der Waals surface area contributed by atoms with Crippen LogP contribution in [-0.4, -0.2) is 115 Å². The van der Waals surface area contributed by atoms with Gasteiger partial charge in [-0.05, 0) is 91.2 Å². The minimum atomic E-state index is -5.27. The maximum Gasteiger partial charge on any atom is 0.316 e. The summed E-state index contributed by atoms with van der Waals surface area (Å²) in [6.07, 6.45) is -2.58. The Morgan fingerprint density at radius 2 is 1.02 bits per heavy atom. The van der Waals surface area contributed by atoms with Gasteiger partial charge < -0.3 is 43.4 Å². The fraction of sp³-hybridized carbons (Fsp3) is 0.0769. The second-order valence-corrected chi connectivity index (χ2v) is 22.4. The van der Waals surface area contributed by atoms with E-state index in [2.05, 4.69) is 82.3 Å². The number of nitrogens with zero attached hydrogens (tertiary/aromatic N) is 10. The van der Waals surface area contributed by atoms with Crippen molar-refractivity contribution in [3.8, 4) is 0 Å². The van der Waals surface area contributed by atoms with Crippen molar-refractivity contribution in [2.24, 2.45) is 31.9 Å². The summed E-state index contributed by atoms with van der Waals surface area (Å²) in [6.45, 7) is 1.43. The summed E-state index contributed by atoms with van der Waals surface area (Å²) >= 11 is 0. The van der Waals surface area contributed by atoms with Crippen molar-refractivity contribution in [2.45, 2.75) is 37.4 Å². The van der Waals surface area contributed by atoms with Crippen LogP contribution in [0.15, 0.2) is 124 Å². The third-order valence-electron chi connectivity index (χ3n) is 9.96. The van der Waals surface area contributed by atoms with E-state index in [0.717, 1.165) is 24.3 Å². The first kappa shape index (κ1) is 58.5. The molecule has 4 amide bonds. The van der Waals surface area contributed by atoms with Gasteiger partial charge in [-0.1, -0.05) is 0 Å². The van der Waals surface area contributed by atoms with E-state index in [4.69, 9.17) is 11.5 Å². The molecule has 0 saturated carbocycles. The molecule has 34 nitrogen and oxygen atoms in total. The van der Waals surface area contributed by atoms with Crippen LogP contribution in [0.3, 0.4) is 0 Å². The van der Waals surface area contributed by atoms with Gasteiger partial charge in [0.05, 0.1) is 21.2 Å². The Morgan fingerprint density at radius 3 is 1.52 bits per heavy atom. The van der Waals surface area contributed by atoms with Gasteiger partial charge in [0.2, 0.25) is 23.8 Å². The highest BCUT2D eigenvalue weighted by atomic mass is 32.2. The average molecular weight is 1210 g/mol. The number of amides is 4. The number of carbonyl (C=O) groups excluding carboxylic acids is 2. The molecule has 7 aromatic rings. The SMILES string of the molecule is CC(CNc1nc(F)nc(Nc2ccc(/N=N/c3cc4c(S(=O)(=O)O)cc(S(=O)(=O)O)cc4cc3S(=O)(=O)O)c(NC(N)=O)c2)n1)Nc1nc(F)nc(Nc2ccc(/N=N/c3ccc([SH](=O)=O)cc3S(=O)(=O)O)c(NC(N)=O)c2)n1. The number of primary amides is 2. The molecule has 0 bridgehead atoms. The molecule has 0 fully saturated rings. The van der Waals surface area contributed by atoms with Crippen molar-refractivity contribution in [1.82, 2.24) is 29.9 Å². The molecule has 0 saturated heterocycles. The third-order valence-corrected chi connectivity index (χ3v) is 14.2. The molecule has 41 heteroatoms. The fourth-order valence-electron chi connectivity index (χ4n) is 6.68. The highest BCUT2D eigenvalue weighted by Crippen LogP contribution is 2.38. The molecule has 5 aromatic carbocycles. The molecule has 0 spiro atoms. The van der Waals surface area contributed by atoms with Crippen molar-refractivity contribution in [1.29, 1.82) is 0 Å². The number of urea groups is 2. The van der Waals surface area contributed by atoms with Gasteiger partial charge >= 0.3 is 24.2 Å². The maximum atomic E-state index is 14.8. The van der Waals surface area contributed by atoms with E-state index in [0.29, 0.717) is 30.3 Å². The minimum absolute atomic E-state index is 0.0115. The van der Waals surface area contributed by atoms with Gasteiger partial charge in [0.25, 0.3) is 40.5 Å². The zero-order chi connectivity index (χ0) is 58.6. The van der Waals surface area contributed by atoms with Crippen LogP contribution in [-0.2, 0) is 51.2 Å².